The Hall–Kier alpha value is -2.70. The summed E-state index contributed by atoms with van der Waals surface area (Å²) in [6, 6.07) is 1.75. The first-order valence-corrected chi connectivity index (χ1v) is 8.13. The lowest BCUT2D eigenvalue weighted by molar-refractivity contribution is -0.121. The van der Waals surface area contributed by atoms with Crippen LogP contribution >= 0.6 is 0 Å². The number of aromatic nitrogens is 2. The van der Waals surface area contributed by atoms with Gasteiger partial charge in [0, 0.05) is 11.9 Å². The van der Waals surface area contributed by atoms with Gasteiger partial charge in [-0.1, -0.05) is 6.42 Å². The molecule has 7 nitrogen and oxygen atoms in total. The Labute approximate surface area is 140 Å². The van der Waals surface area contributed by atoms with Gasteiger partial charge in [0.05, 0.1) is 0 Å². The first-order valence-electron chi connectivity index (χ1n) is 8.13. The van der Waals surface area contributed by atoms with E-state index in [1.54, 1.807) is 29.3 Å². The average Bonchev–Trinajstić information content (AvgIpc) is 2.84. The highest BCUT2D eigenvalue weighted by Gasteiger charge is 2.47. The van der Waals surface area contributed by atoms with Crippen LogP contribution in [0.1, 0.15) is 39.0 Å². The van der Waals surface area contributed by atoms with Gasteiger partial charge >= 0.3 is 0 Å². The van der Waals surface area contributed by atoms with Crippen molar-refractivity contribution in [3.05, 3.63) is 42.1 Å². The average molecular weight is 327 g/mol. The van der Waals surface area contributed by atoms with Crippen molar-refractivity contribution in [3.63, 3.8) is 0 Å². The minimum atomic E-state index is -0.537. The molecule has 2 N–H and O–H groups in total. The minimum absolute atomic E-state index is 0.199. The van der Waals surface area contributed by atoms with Crippen molar-refractivity contribution in [2.75, 3.05) is 5.32 Å². The van der Waals surface area contributed by atoms with Gasteiger partial charge in [-0.3, -0.25) is 14.5 Å². The third-order valence-corrected chi connectivity index (χ3v) is 4.48. The molecule has 1 spiro atoms. The van der Waals surface area contributed by atoms with Crippen molar-refractivity contribution in [3.8, 4) is 0 Å². The molecule has 0 aromatic carbocycles. The molecule has 1 aromatic rings. The molecular weight excluding hydrogens is 306 g/mol. The first kappa shape index (κ1) is 16.2. The second-order valence-corrected chi connectivity index (χ2v) is 6.14. The molecular formula is C17H21N5O2. The SMILES string of the molecule is C/C(=C\C=C1\C(=O)NC2(CCCCC2)N1C=O)Nc1ccncn1. The van der Waals surface area contributed by atoms with Crippen LogP contribution in [-0.4, -0.2) is 32.8 Å². The molecule has 0 atom stereocenters. The number of carbonyl (C=O) groups excluding carboxylic acids is 2. The number of carbonyl (C=O) groups is 2. The largest absolute Gasteiger partial charge is 0.344 e. The summed E-state index contributed by atoms with van der Waals surface area (Å²) >= 11 is 0. The minimum Gasteiger partial charge on any atom is -0.344 e. The summed E-state index contributed by atoms with van der Waals surface area (Å²) in [6.45, 7) is 1.87. The second kappa shape index (κ2) is 6.82. The summed E-state index contributed by atoms with van der Waals surface area (Å²) in [6.07, 6.45) is 12.1. The molecule has 2 heterocycles. The molecule has 7 heteroatoms. The maximum Gasteiger partial charge on any atom is 0.269 e. The zero-order chi connectivity index (χ0) is 17.0. The van der Waals surface area contributed by atoms with Crippen LogP contribution in [0.5, 0.6) is 0 Å². The maximum absolute atomic E-state index is 12.3. The van der Waals surface area contributed by atoms with Crippen LogP contribution in [0.15, 0.2) is 42.1 Å². The lowest BCUT2D eigenvalue weighted by Crippen LogP contribution is -2.52. The van der Waals surface area contributed by atoms with E-state index in [-0.39, 0.29) is 5.91 Å². The molecule has 1 saturated heterocycles. The Morgan fingerprint density at radius 1 is 1.38 bits per heavy atom. The fourth-order valence-electron chi connectivity index (χ4n) is 3.30. The topological polar surface area (TPSA) is 87.2 Å². The smallest absolute Gasteiger partial charge is 0.269 e. The summed E-state index contributed by atoms with van der Waals surface area (Å²) < 4.78 is 0. The molecule has 2 aliphatic rings. The highest BCUT2D eigenvalue weighted by Crippen LogP contribution is 2.37. The lowest BCUT2D eigenvalue weighted by Gasteiger charge is -2.38. The Balaban J connectivity index is 1.79. The number of rotatable bonds is 4. The van der Waals surface area contributed by atoms with Gasteiger partial charge in [0.2, 0.25) is 6.41 Å². The van der Waals surface area contributed by atoms with Gasteiger partial charge in [-0.25, -0.2) is 9.97 Å². The number of allylic oxidation sites excluding steroid dienone is 3. The Morgan fingerprint density at radius 3 is 2.83 bits per heavy atom. The van der Waals surface area contributed by atoms with Gasteiger partial charge in [-0.2, -0.15) is 0 Å². The Morgan fingerprint density at radius 2 is 2.17 bits per heavy atom. The van der Waals surface area contributed by atoms with E-state index in [9.17, 15) is 9.59 Å². The van der Waals surface area contributed by atoms with E-state index in [1.165, 1.54) is 6.33 Å². The highest BCUT2D eigenvalue weighted by molar-refractivity contribution is 5.98. The highest BCUT2D eigenvalue weighted by atomic mass is 16.2. The first-order chi connectivity index (χ1) is 11.6. The summed E-state index contributed by atoms with van der Waals surface area (Å²) in [5.74, 6) is 0.471. The summed E-state index contributed by atoms with van der Waals surface area (Å²) in [7, 11) is 0. The second-order valence-electron chi connectivity index (χ2n) is 6.14. The molecule has 0 unspecified atom stereocenters. The molecule has 24 heavy (non-hydrogen) atoms. The van der Waals surface area contributed by atoms with E-state index in [1.807, 2.05) is 6.92 Å². The zero-order valence-corrected chi connectivity index (χ0v) is 13.7. The zero-order valence-electron chi connectivity index (χ0n) is 13.7. The van der Waals surface area contributed by atoms with Gasteiger partial charge in [0.1, 0.15) is 23.5 Å². The number of amides is 2. The molecule has 2 fully saturated rings. The monoisotopic (exact) mass is 327 g/mol. The number of hydrogen-bond acceptors (Lipinski definition) is 5. The number of anilines is 1. The van der Waals surface area contributed by atoms with E-state index in [4.69, 9.17) is 0 Å². The van der Waals surface area contributed by atoms with Crippen molar-refractivity contribution in [1.82, 2.24) is 20.2 Å². The van der Waals surface area contributed by atoms with Gasteiger partial charge in [-0.05, 0) is 50.8 Å². The molecule has 0 radical (unpaired) electrons. The van der Waals surface area contributed by atoms with Crippen molar-refractivity contribution in [1.29, 1.82) is 0 Å². The fraction of sp³-hybridized carbons (Fsp3) is 0.412. The van der Waals surface area contributed by atoms with Crippen LogP contribution in [0.3, 0.4) is 0 Å². The van der Waals surface area contributed by atoms with Gasteiger partial charge in [-0.15, -0.1) is 0 Å². The van der Waals surface area contributed by atoms with E-state index in [2.05, 4.69) is 20.6 Å². The van der Waals surface area contributed by atoms with Crippen molar-refractivity contribution < 1.29 is 9.59 Å². The Bertz CT molecular complexity index is 677. The maximum atomic E-state index is 12.3. The van der Waals surface area contributed by atoms with Crippen LogP contribution in [0.4, 0.5) is 5.82 Å². The summed E-state index contributed by atoms with van der Waals surface area (Å²) in [4.78, 5) is 33.5. The molecule has 1 aliphatic carbocycles. The van der Waals surface area contributed by atoms with E-state index < -0.39 is 5.66 Å². The molecule has 2 amide bonds. The van der Waals surface area contributed by atoms with Crippen LogP contribution in [0, 0.1) is 0 Å². The third-order valence-electron chi connectivity index (χ3n) is 4.48. The fourth-order valence-corrected chi connectivity index (χ4v) is 3.30. The van der Waals surface area contributed by atoms with Crippen LogP contribution in [-0.2, 0) is 9.59 Å². The van der Waals surface area contributed by atoms with Crippen LogP contribution < -0.4 is 10.6 Å². The van der Waals surface area contributed by atoms with Crippen molar-refractivity contribution in [2.45, 2.75) is 44.7 Å². The summed E-state index contributed by atoms with van der Waals surface area (Å²) in [5.41, 5.74) is 0.658. The van der Waals surface area contributed by atoms with Crippen molar-refractivity contribution in [2.24, 2.45) is 0 Å². The molecule has 1 aromatic heterocycles. The normalized spacial score (nSPS) is 21.9. The predicted octanol–water partition coefficient (Wildman–Crippen LogP) is 1.92. The van der Waals surface area contributed by atoms with Gasteiger partial charge in [0.25, 0.3) is 5.91 Å². The van der Waals surface area contributed by atoms with E-state index >= 15 is 0 Å². The lowest BCUT2D eigenvalue weighted by atomic mass is 9.88. The quantitative estimate of drug-likeness (QED) is 0.652. The molecule has 0 bridgehead atoms. The predicted molar refractivity (Wildman–Crippen MR) is 89.4 cm³/mol. The molecule has 126 valence electrons. The third kappa shape index (κ3) is 3.15. The van der Waals surface area contributed by atoms with Crippen LogP contribution in [0.2, 0.25) is 0 Å². The van der Waals surface area contributed by atoms with E-state index in [0.29, 0.717) is 11.5 Å². The van der Waals surface area contributed by atoms with Gasteiger partial charge in [0.15, 0.2) is 0 Å². The van der Waals surface area contributed by atoms with Crippen LogP contribution in [0.25, 0.3) is 0 Å². The number of hydrogen-bond donors (Lipinski definition) is 2. The molecule has 1 aliphatic heterocycles. The number of nitrogens with one attached hydrogen (secondary N) is 2. The molecule has 3 rings (SSSR count). The Kier molecular flexibility index (Phi) is 4.59. The summed E-state index contributed by atoms with van der Waals surface area (Å²) in [5, 5.41) is 6.12. The van der Waals surface area contributed by atoms with Gasteiger partial charge < -0.3 is 10.6 Å². The standard InChI is InChI=1S/C17H21N5O2/c1-13(20-15-7-10-18-11-19-15)5-6-14-16(24)21-17(22(14)12-23)8-3-2-4-9-17/h5-7,10-12H,2-4,8-9H2,1H3,(H,21,24)(H,18,19,20)/b13-5+,14-6-. The van der Waals surface area contributed by atoms with E-state index in [0.717, 1.165) is 44.2 Å². The number of nitrogens with zero attached hydrogens (tertiary/aromatic N) is 3. The van der Waals surface area contributed by atoms with Crippen molar-refractivity contribution >= 4 is 18.1 Å². The molecule has 1 saturated carbocycles.